The van der Waals surface area contributed by atoms with E-state index < -0.39 is 21.0 Å². The number of fused-ring (bicyclic) bond motifs is 1. The highest BCUT2D eigenvalue weighted by atomic mass is 32.2. The number of hydrogen-bond donors (Lipinski definition) is 0. The predicted octanol–water partition coefficient (Wildman–Crippen LogP) is 5.54. The average Bonchev–Trinajstić information content (AvgIpc) is 3.57. The zero-order chi connectivity index (χ0) is 25.3. The maximum atomic E-state index is 14.2. The molecule has 0 aliphatic heterocycles. The lowest BCUT2D eigenvalue weighted by atomic mass is 9.85. The van der Waals surface area contributed by atoms with E-state index in [1.54, 1.807) is 12.1 Å². The fourth-order valence-corrected chi connectivity index (χ4v) is 8.59. The van der Waals surface area contributed by atoms with Crippen LogP contribution in [0.3, 0.4) is 0 Å². The maximum Gasteiger partial charge on any atom is 0.227 e. The first kappa shape index (κ1) is 25.0. The summed E-state index contributed by atoms with van der Waals surface area (Å²) >= 11 is 0. The van der Waals surface area contributed by atoms with Crippen LogP contribution in [0.5, 0.6) is 0 Å². The zero-order valence-electron chi connectivity index (χ0n) is 21.2. The van der Waals surface area contributed by atoms with Crippen LogP contribution >= 0.6 is 0 Å². The Hall–Kier alpha value is -2.65. The van der Waals surface area contributed by atoms with E-state index in [9.17, 15) is 18.5 Å². The Morgan fingerprint density at radius 2 is 1.72 bits per heavy atom. The van der Waals surface area contributed by atoms with Crippen LogP contribution in [-0.2, 0) is 34.0 Å². The third-order valence-electron chi connectivity index (χ3n) is 8.59. The molecule has 2 fully saturated rings. The molecule has 2 aromatic carbocycles. The number of carbonyl (C=O) groups is 1. The van der Waals surface area contributed by atoms with Crippen LogP contribution in [0.4, 0.5) is 0 Å². The number of hydrogen-bond acceptors (Lipinski definition) is 4. The van der Waals surface area contributed by atoms with Gasteiger partial charge >= 0.3 is 0 Å². The third-order valence-corrected chi connectivity index (χ3v) is 10.9. The van der Waals surface area contributed by atoms with Crippen molar-refractivity contribution < 1.29 is 13.2 Å². The predicted molar refractivity (Wildman–Crippen MR) is 140 cm³/mol. The van der Waals surface area contributed by atoms with Gasteiger partial charge < -0.3 is 4.90 Å². The molecule has 3 aliphatic carbocycles. The van der Waals surface area contributed by atoms with Crippen molar-refractivity contribution in [1.82, 2.24) is 4.90 Å². The minimum Gasteiger partial charge on any atom is -0.335 e. The molecule has 0 spiro atoms. The standard InChI is InChI=1S/C30H36N2O3S/c1-21-11-15-27(16-12-21)36(34,35)29-10-4-9-28(29)30(33)32(26-8-2-5-22(18-26)19-31)20-23-13-14-24-6-3-7-25(24)17-23/h11-17,22,26,28-29H,2-10,18,20H2,1H3/t22-,26-,28-,29-/m1/s1. The second kappa shape index (κ2) is 10.4. The van der Waals surface area contributed by atoms with Gasteiger partial charge in [-0.1, -0.05) is 48.7 Å². The first-order valence-corrected chi connectivity index (χ1v) is 15.0. The third kappa shape index (κ3) is 4.95. The van der Waals surface area contributed by atoms with Gasteiger partial charge in [0.05, 0.1) is 22.1 Å². The fraction of sp³-hybridized carbons (Fsp3) is 0.533. The van der Waals surface area contributed by atoms with Gasteiger partial charge in [-0.15, -0.1) is 0 Å². The van der Waals surface area contributed by atoms with Gasteiger partial charge in [-0.2, -0.15) is 5.26 Å². The van der Waals surface area contributed by atoms with Crippen molar-refractivity contribution in [1.29, 1.82) is 5.26 Å². The molecule has 0 unspecified atom stereocenters. The molecule has 0 aromatic heterocycles. The summed E-state index contributed by atoms with van der Waals surface area (Å²) in [5.41, 5.74) is 4.90. The normalized spacial score (nSPS) is 25.8. The Bertz CT molecular complexity index is 1260. The molecule has 5 rings (SSSR count). The summed E-state index contributed by atoms with van der Waals surface area (Å²) in [6, 6.07) is 15.9. The monoisotopic (exact) mass is 504 g/mol. The number of nitriles is 1. The lowest BCUT2D eigenvalue weighted by molar-refractivity contribution is -0.139. The number of rotatable bonds is 6. The average molecular weight is 505 g/mol. The zero-order valence-corrected chi connectivity index (χ0v) is 22.0. The lowest BCUT2D eigenvalue weighted by Gasteiger charge is -2.38. The van der Waals surface area contributed by atoms with E-state index in [0.717, 1.165) is 49.7 Å². The molecule has 1 amide bonds. The largest absolute Gasteiger partial charge is 0.335 e. The van der Waals surface area contributed by atoms with Crippen molar-refractivity contribution in [3.63, 3.8) is 0 Å². The Morgan fingerprint density at radius 1 is 0.972 bits per heavy atom. The topological polar surface area (TPSA) is 78.2 Å². The van der Waals surface area contributed by atoms with Gasteiger partial charge in [-0.25, -0.2) is 8.42 Å². The van der Waals surface area contributed by atoms with E-state index in [4.69, 9.17) is 0 Å². The van der Waals surface area contributed by atoms with Crippen LogP contribution in [0.1, 0.15) is 73.6 Å². The van der Waals surface area contributed by atoms with E-state index in [1.807, 2.05) is 24.0 Å². The summed E-state index contributed by atoms with van der Waals surface area (Å²) in [7, 11) is -3.61. The minimum atomic E-state index is -3.61. The smallest absolute Gasteiger partial charge is 0.227 e. The van der Waals surface area contributed by atoms with Crippen LogP contribution in [0.15, 0.2) is 47.4 Å². The molecular formula is C30H36N2O3S. The summed E-state index contributed by atoms with van der Waals surface area (Å²) in [4.78, 5) is 16.5. The number of nitrogens with zero attached hydrogens (tertiary/aromatic N) is 2. The summed E-state index contributed by atoms with van der Waals surface area (Å²) in [6.45, 7) is 2.43. The molecule has 0 N–H and O–H groups in total. The van der Waals surface area contributed by atoms with Gasteiger partial charge in [0, 0.05) is 18.5 Å². The molecule has 0 heterocycles. The van der Waals surface area contributed by atoms with E-state index in [1.165, 1.54) is 17.5 Å². The van der Waals surface area contributed by atoms with E-state index in [-0.39, 0.29) is 17.9 Å². The van der Waals surface area contributed by atoms with Crippen LogP contribution in [0, 0.1) is 30.1 Å². The molecule has 6 heteroatoms. The van der Waals surface area contributed by atoms with Crippen molar-refractivity contribution in [2.45, 2.75) is 93.9 Å². The van der Waals surface area contributed by atoms with Crippen LogP contribution in [-0.4, -0.2) is 30.5 Å². The molecule has 0 radical (unpaired) electrons. The van der Waals surface area contributed by atoms with Crippen molar-refractivity contribution in [2.75, 3.05) is 0 Å². The van der Waals surface area contributed by atoms with Crippen LogP contribution in [0.25, 0.3) is 0 Å². The summed E-state index contributed by atoms with van der Waals surface area (Å²) in [6.07, 6.45) is 8.58. The number of amides is 1. The van der Waals surface area contributed by atoms with Crippen molar-refractivity contribution in [2.24, 2.45) is 11.8 Å². The summed E-state index contributed by atoms with van der Waals surface area (Å²) in [5, 5.41) is 8.91. The van der Waals surface area contributed by atoms with Gasteiger partial charge in [-0.05, 0) is 87.1 Å². The van der Waals surface area contributed by atoms with Gasteiger partial charge in [-0.3, -0.25) is 4.79 Å². The van der Waals surface area contributed by atoms with Gasteiger partial charge in [0.25, 0.3) is 0 Å². The van der Waals surface area contributed by atoms with Crippen LogP contribution < -0.4 is 0 Å². The first-order valence-electron chi connectivity index (χ1n) is 13.5. The SMILES string of the molecule is Cc1ccc(S(=O)(=O)[C@@H]2CCC[C@H]2C(=O)N(Cc2ccc3c(c2)CCC3)[C@@H]2CCC[C@@H](C#N)C2)cc1. The summed E-state index contributed by atoms with van der Waals surface area (Å²) in [5.74, 6) is -0.625. The molecular weight excluding hydrogens is 468 g/mol. The van der Waals surface area contributed by atoms with E-state index in [2.05, 4.69) is 24.3 Å². The second-order valence-corrected chi connectivity index (χ2v) is 13.2. The second-order valence-electron chi connectivity index (χ2n) is 11.0. The quantitative estimate of drug-likeness (QED) is 0.518. The van der Waals surface area contributed by atoms with Gasteiger partial charge in [0.1, 0.15) is 0 Å². The van der Waals surface area contributed by atoms with Crippen molar-refractivity contribution >= 4 is 15.7 Å². The number of aryl methyl sites for hydroxylation is 3. The number of benzene rings is 2. The molecule has 0 saturated heterocycles. The van der Waals surface area contributed by atoms with Gasteiger partial charge in [0.15, 0.2) is 9.84 Å². The lowest BCUT2D eigenvalue weighted by Crippen LogP contribution is -2.47. The van der Waals surface area contributed by atoms with E-state index in [0.29, 0.717) is 30.7 Å². The number of sulfone groups is 1. The molecule has 0 bridgehead atoms. The highest BCUT2D eigenvalue weighted by Gasteiger charge is 2.45. The molecule has 190 valence electrons. The highest BCUT2D eigenvalue weighted by molar-refractivity contribution is 7.92. The summed E-state index contributed by atoms with van der Waals surface area (Å²) < 4.78 is 27.3. The molecule has 4 atom stereocenters. The number of carbonyl (C=O) groups excluding carboxylic acids is 1. The van der Waals surface area contributed by atoms with Crippen molar-refractivity contribution in [3.05, 3.63) is 64.7 Å². The van der Waals surface area contributed by atoms with Gasteiger partial charge in [0.2, 0.25) is 5.91 Å². The van der Waals surface area contributed by atoms with E-state index >= 15 is 0 Å². The Kier molecular flexibility index (Phi) is 7.21. The van der Waals surface area contributed by atoms with Crippen LogP contribution in [0.2, 0.25) is 0 Å². The maximum absolute atomic E-state index is 14.2. The highest BCUT2D eigenvalue weighted by Crippen LogP contribution is 2.38. The van der Waals surface area contributed by atoms with Crippen molar-refractivity contribution in [3.8, 4) is 6.07 Å². The molecule has 36 heavy (non-hydrogen) atoms. The Morgan fingerprint density at radius 3 is 2.50 bits per heavy atom. The Labute approximate surface area is 215 Å². The molecule has 2 aromatic rings. The molecule has 2 saturated carbocycles. The molecule has 3 aliphatic rings. The molecule has 5 nitrogen and oxygen atoms in total. The first-order chi connectivity index (χ1) is 17.4. The Balaban J connectivity index is 1.44. The fourth-order valence-electron chi connectivity index (χ4n) is 6.57. The minimum absolute atomic E-state index is 0.0208.